The van der Waals surface area contributed by atoms with Gasteiger partial charge in [0, 0.05) is 17.3 Å². The molecule has 0 radical (unpaired) electrons. The van der Waals surface area contributed by atoms with E-state index in [0.717, 1.165) is 16.8 Å². The van der Waals surface area contributed by atoms with Crippen LogP contribution in [-0.2, 0) is 10.2 Å². The molecule has 4 rings (SSSR count). The van der Waals surface area contributed by atoms with Crippen LogP contribution in [0.2, 0.25) is 0 Å². The Kier molecular flexibility index (Phi) is 3.57. The number of halogens is 1. The number of hydrogen-bond acceptors (Lipinski definition) is 4. The van der Waals surface area contributed by atoms with Crippen molar-refractivity contribution < 1.29 is 9.18 Å². The summed E-state index contributed by atoms with van der Waals surface area (Å²) in [5.41, 5.74) is 2.97. The Labute approximate surface area is 150 Å². The molecule has 0 saturated carbocycles. The maximum atomic E-state index is 13.2. The molecule has 0 unspecified atom stereocenters. The lowest BCUT2D eigenvalue weighted by molar-refractivity contribution is -0.121. The Balaban J connectivity index is 1.87. The maximum absolute atomic E-state index is 13.2. The van der Waals surface area contributed by atoms with E-state index < -0.39 is 5.41 Å². The van der Waals surface area contributed by atoms with E-state index in [-0.39, 0.29) is 11.7 Å². The van der Waals surface area contributed by atoms with Crippen molar-refractivity contribution in [3.8, 4) is 11.3 Å². The van der Waals surface area contributed by atoms with E-state index in [9.17, 15) is 9.18 Å². The van der Waals surface area contributed by atoms with Crippen molar-refractivity contribution in [2.75, 3.05) is 4.90 Å². The summed E-state index contributed by atoms with van der Waals surface area (Å²) in [6, 6.07) is 7.99. The summed E-state index contributed by atoms with van der Waals surface area (Å²) in [6.45, 7) is 5.55. The minimum atomic E-state index is -0.700. The molecule has 0 spiro atoms. The van der Waals surface area contributed by atoms with Crippen LogP contribution in [0, 0.1) is 12.7 Å². The van der Waals surface area contributed by atoms with Gasteiger partial charge in [0.1, 0.15) is 11.6 Å². The number of nitrogens with zero attached hydrogens (tertiary/aromatic N) is 4. The first-order valence-electron chi connectivity index (χ1n) is 8.27. The van der Waals surface area contributed by atoms with Gasteiger partial charge in [-0.15, -0.1) is 0 Å². The number of fused-ring (bicyclic) bond motifs is 1. The molecule has 0 aliphatic carbocycles. The standard InChI is InChI=1S/C20H17FN4O/c1-12-22-9-15(10-23-12)25-18-8-17(13-4-6-14(21)7-5-13)24-11-16(18)20(2,3)19(25)26/h4-11H,1-3H3. The van der Waals surface area contributed by atoms with E-state index >= 15 is 0 Å². The fourth-order valence-electron chi connectivity index (χ4n) is 3.15. The largest absolute Gasteiger partial charge is 0.277 e. The van der Waals surface area contributed by atoms with Gasteiger partial charge in [0.25, 0.3) is 0 Å². The normalized spacial score (nSPS) is 15.2. The first-order valence-corrected chi connectivity index (χ1v) is 8.27. The van der Waals surface area contributed by atoms with Gasteiger partial charge in [-0.1, -0.05) is 0 Å². The molecule has 3 heterocycles. The number of aryl methyl sites for hydroxylation is 1. The number of hydrogen-bond donors (Lipinski definition) is 0. The summed E-state index contributed by atoms with van der Waals surface area (Å²) < 4.78 is 13.2. The Bertz CT molecular complexity index is 997. The molecule has 6 heteroatoms. The zero-order valence-electron chi connectivity index (χ0n) is 14.7. The van der Waals surface area contributed by atoms with Crippen molar-refractivity contribution in [2.24, 2.45) is 0 Å². The van der Waals surface area contributed by atoms with E-state index in [4.69, 9.17) is 0 Å². The van der Waals surface area contributed by atoms with E-state index in [0.29, 0.717) is 17.2 Å². The van der Waals surface area contributed by atoms with Crippen LogP contribution in [-0.4, -0.2) is 20.9 Å². The maximum Gasteiger partial charge on any atom is 0.241 e. The van der Waals surface area contributed by atoms with Gasteiger partial charge in [0.05, 0.1) is 34.9 Å². The smallest absolute Gasteiger partial charge is 0.241 e. The van der Waals surface area contributed by atoms with Gasteiger partial charge < -0.3 is 0 Å². The van der Waals surface area contributed by atoms with Crippen molar-refractivity contribution >= 4 is 17.3 Å². The summed E-state index contributed by atoms with van der Waals surface area (Å²) in [5.74, 6) is 0.282. The van der Waals surface area contributed by atoms with Crippen LogP contribution in [0.3, 0.4) is 0 Å². The van der Waals surface area contributed by atoms with E-state index in [1.54, 1.807) is 42.5 Å². The molecule has 1 aliphatic rings. The summed E-state index contributed by atoms with van der Waals surface area (Å²) >= 11 is 0. The number of carbonyl (C=O) groups excluding carboxylic acids is 1. The molecule has 1 aromatic carbocycles. The zero-order chi connectivity index (χ0) is 18.5. The molecule has 0 fully saturated rings. The highest BCUT2D eigenvalue weighted by molar-refractivity contribution is 6.12. The lowest BCUT2D eigenvalue weighted by atomic mass is 9.87. The SMILES string of the molecule is Cc1ncc(N2C(=O)C(C)(C)c3cnc(-c4ccc(F)cc4)cc32)cn1. The van der Waals surface area contributed by atoms with Crippen LogP contribution in [0.1, 0.15) is 25.2 Å². The lowest BCUT2D eigenvalue weighted by Crippen LogP contribution is -2.33. The highest BCUT2D eigenvalue weighted by Gasteiger charge is 2.45. The number of pyridine rings is 1. The summed E-state index contributed by atoms with van der Waals surface area (Å²) in [7, 11) is 0. The minimum absolute atomic E-state index is 0.0574. The van der Waals surface area contributed by atoms with Crippen LogP contribution in [0.4, 0.5) is 15.8 Å². The number of benzene rings is 1. The fourth-order valence-corrected chi connectivity index (χ4v) is 3.15. The second kappa shape index (κ2) is 5.69. The van der Waals surface area contributed by atoms with Gasteiger partial charge >= 0.3 is 0 Å². The van der Waals surface area contributed by atoms with Crippen LogP contribution < -0.4 is 4.90 Å². The van der Waals surface area contributed by atoms with E-state index in [1.165, 1.54) is 12.1 Å². The molecule has 0 atom stereocenters. The van der Waals surface area contributed by atoms with Crippen molar-refractivity contribution in [3.05, 3.63) is 66.1 Å². The molecule has 0 saturated heterocycles. The van der Waals surface area contributed by atoms with Gasteiger partial charge in [0.2, 0.25) is 5.91 Å². The average molecular weight is 348 g/mol. The van der Waals surface area contributed by atoms with Crippen LogP contribution in [0.25, 0.3) is 11.3 Å². The van der Waals surface area contributed by atoms with Crippen molar-refractivity contribution in [1.82, 2.24) is 15.0 Å². The molecule has 3 aromatic rings. The Morgan fingerprint density at radius 2 is 1.65 bits per heavy atom. The average Bonchev–Trinajstić information content (AvgIpc) is 2.83. The monoisotopic (exact) mass is 348 g/mol. The first-order chi connectivity index (χ1) is 12.4. The fraction of sp³-hybridized carbons (Fsp3) is 0.200. The molecule has 2 aromatic heterocycles. The van der Waals surface area contributed by atoms with Crippen molar-refractivity contribution in [3.63, 3.8) is 0 Å². The third kappa shape index (κ3) is 2.45. The highest BCUT2D eigenvalue weighted by atomic mass is 19.1. The Morgan fingerprint density at radius 3 is 2.31 bits per heavy atom. The van der Waals surface area contributed by atoms with Crippen LogP contribution >= 0.6 is 0 Å². The molecule has 1 amide bonds. The number of aromatic nitrogens is 3. The number of amides is 1. The first kappa shape index (κ1) is 16.3. The number of carbonyl (C=O) groups is 1. The van der Waals surface area contributed by atoms with E-state index in [2.05, 4.69) is 15.0 Å². The Morgan fingerprint density at radius 1 is 1.00 bits per heavy atom. The summed E-state index contributed by atoms with van der Waals surface area (Å²) in [5, 5.41) is 0. The molecule has 0 bridgehead atoms. The van der Waals surface area contributed by atoms with Crippen LogP contribution in [0.5, 0.6) is 0 Å². The third-order valence-electron chi connectivity index (χ3n) is 4.70. The van der Waals surface area contributed by atoms with Crippen molar-refractivity contribution in [1.29, 1.82) is 0 Å². The second-order valence-electron chi connectivity index (χ2n) is 6.85. The summed E-state index contributed by atoms with van der Waals surface area (Å²) in [4.78, 5) is 27.6. The van der Waals surface area contributed by atoms with Gasteiger partial charge in [-0.2, -0.15) is 0 Å². The van der Waals surface area contributed by atoms with E-state index in [1.807, 2.05) is 19.9 Å². The van der Waals surface area contributed by atoms with Crippen molar-refractivity contribution in [2.45, 2.75) is 26.2 Å². The molecule has 26 heavy (non-hydrogen) atoms. The highest BCUT2D eigenvalue weighted by Crippen LogP contribution is 2.45. The molecular formula is C20H17FN4O. The third-order valence-corrected chi connectivity index (χ3v) is 4.70. The molecule has 0 N–H and O–H groups in total. The molecular weight excluding hydrogens is 331 g/mol. The molecule has 130 valence electrons. The number of rotatable bonds is 2. The van der Waals surface area contributed by atoms with Gasteiger partial charge in [-0.25, -0.2) is 14.4 Å². The van der Waals surface area contributed by atoms with Gasteiger partial charge in [0.15, 0.2) is 0 Å². The van der Waals surface area contributed by atoms with Gasteiger partial charge in [-0.05, 0) is 51.1 Å². The lowest BCUT2D eigenvalue weighted by Gasteiger charge is -2.19. The Hall–Kier alpha value is -3.15. The van der Waals surface area contributed by atoms with Crippen LogP contribution in [0.15, 0.2) is 48.9 Å². The van der Waals surface area contributed by atoms with Gasteiger partial charge in [-0.3, -0.25) is 14.7 Å². The minimum Gasteiger partial charge on any atom is -0.277 e. The molecule has 5 nitrogen and oxygen atoms in total. The molecule has 1 aliphatic heterocycles. The predicted octanol–water partition coefficient (Wildman–Crippen LogP) is 3.94. The topological polar surface area (TPSA) is 59.0 Å². The summed E-state index contributed by atoms with van der Waals surface area (Å²) in [6.07, 6.45) is 5.01. The quantitative estimate of drug-likeness (QED) is 0.704. The number of anilines is 2. The predicted molar refractivity (Wildman–Crippen MR) is 96.6 cm³/mol. The second-order valence-corrected chi connectivity index (χ2v) is 6.85. The zero-order valence-corrected chi connectivity index (χ0v) is 14.7.